The fourth-order valence-corrected chi connectivity index (χ4v) is 5.25. The van der Waals surface area contributed by atoms with E-state index < -0.39 is 0 Å². The van der Waals surface area contributed by atoms with E-state index >= 15 is 0 Å². The van der Waals surface area contributed by atoms with Gasteiger partial charge in [-0.1, -0.05) is 26.7 Å². The molecule has 0 spiro atoms. The first-order valence-electron chi connectivity index (χ1n) is 11.3. The van der Waals surface area contributed by atoms with Crippen LogP contribution in [0.5, 0.6) is 0 Å². The van der Waals surface area contributed by atoms with Gasteiger partial charge >= 0.3 is 0 Å². The molecule has 1 N–H and O–H groups in total. The first kappa shape index (κ1) is 19.0. The first-order chi connectivity index (χ1) is 13.2. The zero-order valence-corrected chi connectivity index (χ0v) is 17.2. The van der Waals surface area contributed by atoms with Gasteiger partial charge in [-0.05, 0) is 63.0 Å². The Hall–Kier alpha value is -1.36. The van der Waals surface area contributed by atoms with Crippen molar-refractivity contribution in [1.82, 2.24) is 14.9 Å². The van der Waals surface area contributed by atoms with E-state index in [1.165, 1.54) is 57.9 Å². The summed E-state index contributed by atoms with van der Waals surface area (Å²) in [5, 5.41) is 3.66. The van der Waals surface area contributed by atoms with E-state index in [0.717, 1.165) is 49.3 Å². The van der Waals surface area contributed by atoms with E-state index in [-0.39, 0.29) is 0 Å². The molecule has 0 amide bonds. The SMILES string of the molecule is CC1CC(N2CCCC(Nc3nccc(N4CCCCCC4)n3)C2)CC1C. The molecule has 27 heavy (non-hydrogen) atoms. The van der Waals surface area contributed by atoms with Gasteiger partial charge in [-0.2, -0.15) is 4.98 Å². The maximum Gasteiger partial charge on any atom is 0.224 e. The Morgan fingerprint density at radius 3 is 2.44 bits per heavy atom. The van der Waals surface area contributed by atoms with Crippen LogP contribution < -0.4 is 10.2 Å². The minimum Gasteiger partial charge on any atom is -0.356 e. The summed E-state index contributed by atoms with van der Waals surface area (Å²) >= 11 is 0. The number of likely N-dealkylation sites (tertiary alicyclic amines) is 1. The molecule has 0 radical (unpaired) electrons. The van der Waals surface area contributed by atoms with Crippen LogP contribution in [-0.2, 0) is 0 Å². The summed E-state index contributed by atoms with van der Waals surface area (Å²) in [6.45, 7) is 9.51. The number of hydrogen-bond donors (Lipinski definition) is 1. The van der Waals surface area contributed by atoms with E-state index in [0.29, 0.717) is 6.04 Å². The van der Waals surface area contributed by atoms with Crippen molar-refractivity contribution in [1.29, 1.82) is 0 Å². The van der Waals surface area contributed by atoms with Crippen molar-refractivity contribution < 1.29 is 0 Å². The number of nitrogens with zero attached hydrogens (tertiary/aromatic N) is 4. The highest BCUT2D eigenvalue weighted by atomic mass is 15.3. The maximum atomic E-state index is 4.86. The number of nitrogens with one attached hydrogen (secondary N) is 1. The van der Waals surface area contributed by atoms with Crippen LogP contribution in [0.15, 0.2) is 12.3 Å². The van der Waals surface area contributed by atoms with Crippen LogP contribution >= 0.6 is 0 Å². The van der Waals surface area contributed by atoms with Crippen LogP contribution in [0.3, 0.4) is 0 Å². The summed E-state index contributed by atoms with van der Waals surface area (Å²) in [7, 11) is 0. The van der Waals surface area contributed by atoms with E-state index in [1.807, 2.05) is 6.20 Å². The highest BCUT2D eigenvalue weighted by Crippen LogP contribution is 2.35. The van der Waals surface area contributed by atoms with Crippen LogP contribution in [0.25, 0.3) is 0 Å². The molecular formula is C22H37N5. The Morgan fingerprint density at radius 1 is 0.963 bits per heavy atom. The van der Waals surface area contributed by atoms with Crippen molar-refractivity contribution in [2.45, 2.75) is 77.3 Å². The minimum atomic E-state index is 0.476. The van der Waals surface area contributed by atoms with Gasteiger partial charge in [-0.25, -0.2) is 4.98 Å². The second-order valence-electron chi connectivity index (χ2n) is 9.20. The normalized spacial score (nSPS) is 33.0. The predicted octanol–water partition coefficient (Wildman–Crippen LogP) is 4.17. The van der Waals surface area contributed by atoms with Crippen LogP contribution in [-0.4, -0.2) is 53.1 Å². The molecule has 1 aromatic rings. The Balaban J connectivity index is 1.36. The number of hydrogen-bond acceptors (Lipinski definition) is 5. The minimum absolute atomic E-state index is 0.476. The smallest absolute Gasteiger partial charge is 0.224 e. The second kappa shape index (κ2) is 8.76. The fraction of sp³-hybridized carbons (Fsp3) is 0.818. The summed E-state index contributed by atoms with van der Waals surface area (Å²) < 4.78 is 0. The molecule has 1 saturated carbocycles. The molecule has 3 heterocycles. The fourth-order valence-electron chi connectivity index (χ4n) is 5.25. The van der Waals surface area contributed by atoms with Gasteiger partial charge < -0.3 is 10.2 Å². The van der Waals surface area contributed by atoms with Crippen LogP contribution in [0.1, 0.15) is 65.2 Å². The molecule has 5 heteroatoms. The Morgan fingerprint density at radius 2 is 1.70 bits per heavy atom. The van der Waals surface area contributed by atoms with Gasteiger partial charge in [0.2, 0.25) is 5.95 Å². The number of piperidine rings is 1. The molecule has 3 atom stereocenters. The maximum absolute atomic E-state index is 4.86. The predicted molar refractivity (Wildman–Crippen MR) is 112 cm³/mol. The number of aromatic nitrogens is 2. The molecule has 5 nitrogen and oxygen atoms in total. The zero-order chi connectivity index (χ0) is 18.6. The molecule has 3 aliphatic rings. The third-order valence-corrected chi connectivity index (χ3v) is 7.13. The third kappa shape index (κ3) is 4.74. The molecule has 150 valence electrons. The molecule has 0 bridgehead atoms. The molecule has 1 aromatic heterocycles. The van der Waals surface area contributed by atoms with Gasteiger partial charge in [0.1, 0.15) is 5.82 Å². The lowest BCUT2D eigenvalue weighted by Crippen LogP contribution is -2.46. The third-order valence-electron chi connectivity index (χ3n) is 7.13. The lowest BCUT2D eigenvalue weighted by Gasteiger charge is -2.37. The number of anilines is 2. The average molecular weight is 372 g/mol. The molecule has 1 aliphatic carbocycles. The van der Waals surface area contributed by atoms with Crippen LogP contribution in [0.2, 0.25) is 0 Å². The van der Waals surface area contributed by atoms with Gasteiger partial charge in [-0.3, -0.25) is 4.90 Å². The van der Waals surface area contributed by atoms with Crippen LogP contribution in [0, 0.1) is 11.8 Å². The summed E-state index contributed by atoms with van der Waals surface area (Å²) in [5.74, 6) is 3.66. The quantitative estimate of drug-likeness (QED) is 0.861. The van der Waals surface area contributed by atoms with E-state index in [9.17, 15) is 0 Å². The molecule has 4 rings (SSSR count). The van der Waals surface area contributed by atoms with E-state index in [4.69, 9.17) is 4.98 Å². The highest BCUT2D eigenvalue weighted by Gasteiger charge is 2.34. The van der Waals surface area contributed by atoms with Crippen molar-refractivity contribution in [2.24, 2.45) is 11.8 Å². The standard InChI is InChI=1S/C22H37N5/c1-17-14-20(15-18(17)2)27-13-7-8-19(16-27)24-22-23-10-9-21(25-22)26-11-5-3-4-6-12-26/h9-10,17-20H,3-8,11-16H2,1-2H3,(H,23,24,25). The van der Waals surface area contributed by atoms with Crippen molar-refractivity contribution >= 4 is 11.8 Å². The summed E-state index contributed by atoms with van der Waals surface area (Å²) in [6.07, 6.45) is 12.4. The average Bonchev–Trinajstić information content (AvgIpc) is 2.88. The first-order valence-corrected chi connectivity index (χ1v) is 11.3. The Labute approximate surface area is 164 Å². The summed E-state index contributed by atoms with van der Waals surface area (Å²) in [4.78, 5) is 14.6. The van der Waals surface area contributed by atoms with Crippen molar-refractivity contribution in [3.8, 4) is 0 Å². The van der Waals surface area contributed by atoms with Crippen molar-refractivity contribution in [3.05, 3.63) is 12.3 Å². The topological polar surface area (TPSA) is 44.3 Å². The van der Waals surface area contributed by atoms with Gasteiger partial charge in [0.15, 0.2) is 0 Å². The lowest BCUT2D eigenvalue weighted by atomic mass is 10.0. The monoisotopic (exact) mass is 371 g/mol. The van der Waals surface area contributed by atoms with E-state index in [1.54, 1.807) is 0 Å². The Kier molecular flexibility index (Phi) is 6.16. The molecule has 2 aliphatic heterocycles. The van der Waals surface area contributed by atoms with Crippen molar-refractivity contribution in [3.63, 3.8) is 0 Å². The van der Waals surface area contributed by atoms with Gasteiger partial charge in [0.25, 0.3) is 0 Å². The van der Waals surface area contributed by atoms with Crippen molar-refractivity contribution in [2.75, 3.05) is 36.4 Å². The lowest BCUT2D eigenvalue weighted by molar-refractivity contribution is 0.152. The number of rotatable bonds is 4. The summed E-state index contributed by atoms with van der Waals surface area (Å²) in [5.41, 5.74) is 0. The molecule has 2 saturated heterocycles. The zero-order valence-electron chi connectivity index (χ0n) is 17.2. The van der Waals surface area contributed by atoms with Gasteiger partial charge in [0.05, 0.1) is 0 Å². The molecule has 3 fully saturated rings. The largest absolute Gasteiger partial charge is 0.356 e. The second-order valence-corrected chi connectivity index (χ2v) is 9.20. The Bertz CT molecular complexity index is 588. The highest BCUT2D eigenvalue weighted by molar-refractivity contribution is 5.43. The van der Waals surface area contributed by atoms with E-state index in [2.05, 4.69) is 40.0 Å². The summed E-state index contributed by atoms with van der Waals surface area (Å²) in [6, 6.07) is 3.33. The molecular weight excluding hydrogens is 334 g/mol. The van der Waals surface area contributed by atoms with Gasteiger partial charge in [0, 0.05) is 37.9 Å². The van der Waals surface area contributed by atoms with Crippen LogP contribution in [0.4, 0.5) is 11.8 Å². The van der Waals surface area contributed by atoms with Gasteiger partial charge in [-0.15, -0.1) is 0 Å². The molecule has 0 aromatic carbocycles. The molecule has 3 unspecified atom stereocenters.